The highest BCUT2D eigenvalue weighted by Gasteiger charge is 2.33. The van der Waals surface area contributed by atoms with E-state index in [1.54, 1.807) is 11.8 Å². The standard InChI is InChI=1S/C11H20N2O2S/c1-7(2)9-6-10(13-15-9)16-5-4-12-11-8(3)14-11/h7-9,11-12H,4-6H2,1-3H3. The highest BCUT2D eigenvalue weighted by Crippen LogP contribution is 2.24. The molecule has 0 aliphatic carbocycles. The van der Waals surface area contributed by atoms with Gasteiger partial charge in [-0.1, -0.05) is 19.0 Å². The summed E-state index contributed by atoms with van der Waals surface area (Å²) in [6.45, 7) is 7.38. The number of nitrogens with one attached hydrogen (secondary N) is 1. The molecular formula is C11H20N2O2S. The van der Waals surface area contributed by atoms with Crippen LogP contribution in [0.1, 0.15) is 27.2 Å². The first-order valence-electron chi connectivity index (χ1n) is 5.91. The normalized spacial score (nSPS) is 32.8. The maximum Gasteiger partial charge on any atom is 0.136 e. The van der Waals surface area contributed by atoms with Gasteiger partial charge in [0.2, 0.25) is 0 Å². The lowest BCUT2D eigenvalue weighted by molar-refractivity contribution is 0.0521. The monoisotopic (exact) mass is 244 g/mol. The van der Waals surface area contributed by atoms with Crippen molar-refractivity contribution in [3.8, 4) is 0 Å². The minimum absolute atomic E-state index is 0.280. The Balaban J connectivity index is 1.54. The van der Waals surface area contributed by atoms with E-state index in [1.807, 2.05) is 0 Å². The van der Waals surface area contributed by atoms with E-state index >= 15 is 0 Å². The molecule has 4 nitrogen and oxygen atoms in total. The number of ether oxygens (including phenoxy) is 1. The molecule has 2 aliphatic heterocycles. The van der Waals surface area contributed by atoms with Crippen molar-refractivity contribution in [3.63, 3.8) is 0 Å². The van der Waals surface area contributed by atoms with Crippen molar-refractivity contribution >= 4 is 16.8 Å². The van der Waals surface area contributed by atoms with Crippen molar-refractivity contribution in [3.05, 3.63) is 0 Å². The summed E-state index contributed by atoms with van der Waals surface area (Å²) >= 11 is 1.78. The first kappa shape index (κ1) is 12.2. The lowest BCUT2D eigenvalue weighted by atomic mass is 10.1. The Kier molecular flexibility index (Phi) is 4.10. The molecule has 2 rings (SSSR count). The van der Waals surface area contributed by atoms with Gasteiger partial charge in [0.25, 0.3) is 0 Å². The molecular weight excluding hydrogens is 224 g/mol. The highest BCUT2D eigenvalue weighted by molar-refractivity contribution is 8.13. The molecule has 2 heterocycles. The fraction of sp³-hybridized carbons (Fsp3) is 0.909. The van der Waals surface area contributed by atoms with Gasteiger partial charge in [-0.3, -0.25) is 5.32 Å². The molecule has 0 aromatic rings. The first-order chi connectivity index (χ1) is 7.66. The molecule has 5 heteroatoms. The van der Waals surface area contributed by atoms with Crippen molar-refractivity contribution in [2.45, 2.75) is 45.6 Å². The number of thioether (sulfide) groups is 1. The molecule has 3 atom stereocenters. The van der Waals surface area contributed by atoms with Gasteiger partial charge in [-0.25, -0.2) is 0 Å². The molecule has 0 aromatic carbocycles. The maximum atomic E-state index is 5.36. The van der Waals surface area contributed by atoms with Crippen LogP contribution >= 0.6 is 11.8 Å². The minimum atomic E-state index is 0.280. The summed E-state index contributed by atoms with van der Waals surface area (Å²) in [6.07, 6.45) is 1.93. The number of hydrogen-bond donors (Lipinski definition) is 1. The third-order valence-electron chi connectivity index (χ3n) is 2.84. The minimum Gasteiger partial charge on any atom is -0.391 e. The van der Waals surface area contributed by atoms with Crippen LogP contribution in [0.5, 0.6) is 0 Å². The Morgan fingerprint density at radius 3 is 2.88 bits per heavy atom. The van der Waals surface area contributed by atoms with Gasteiger partial charge in [-0.2, -0.15) is 0 Å². The Hall–Kier alpha value is -0.260. The second-order valence-electron chi connectivity index (χ2n) is 4.64. The molecule has 3 unspecified atom stereocenters. The Morgan fingerprint density at radius 1 is 1.56 bits per heavy atom. The Labute approximate surface area is 101 Å². The largest absolute Gasteiger partial charge is 0.391 e. The molecule has 1 fully saturated rings. The highest BCUT2D eigenvalue weighted by atomic mass is 32.2. The summed E-state index contributed by atoms with van der Waals surface area (Å²) in [5.41, 5.74) is 0. The number of epoxide rings is 1. The summed E-state index contributed by atoms with van der Waals surface area (Å²) in [6, 6.07) is 0. The van der Waals surface area contributed by atoms with Crippen LogP contribution in [0, 0.1) is 5.92 Å². The van der Waals surface area contributed by atoms with Crippen LogP contribution in [-0.4, -0.2) is 35.8 Å². The van der Waals surface area contributed by atoms with E-state index < -0.39 is 0 Å². The molecule has 0 radical (unpaired) electrons. The van der Waals surface area contributed by atoms with Gasteiger partial charge in [-0.05, 0) is 12.8 Å². The molecule has 1 saturated heterocycles. The number of hydrogen-bond acceptors (Lipinski definition) is 5. The lowest BCUT2D eigenvalue weighted by Crippen LogP contribution is -2.22. The molecule has 92 valence electrons. The molecule has 0 bridgehead atoms. The van der Waals surface area contributed by atoms with Gasteiger partial charge in [0, 0.05) is 18.7 Å². The number of nitrogens with zero attached hydrogens (tertiary/aromatic N) is 1. The summed E-state index contributed by atoms with van der Waals surface area (Å²) in [4.78, 5) is 5.36. The molecule has 0 aromatic heterocycles. The van der Waals surface area contributed by atoms with Crippen molar-refractivity contribution in [1.82, 2.24) is 5.32 Å². The average Bonchev–Trinajstić information content (AvgIpc) is 2.78. The quantitative estimate of drug-likeness (QED) is 0.592. The van der Waals surface area contributed by atoms with Crippen LogP contribution in [0.15, 0.2) is 5.16 Å². The van der Waals surface area contributed by atoms with E-state index in [2.05, 4.69) is 31.2 Å². The van der Waals surface area contributed by atoms with Crippen LogP contribution in [-0.2, 0) is 9.57 Å². The molecule has 16 heavy (non-hydrogen) atoms. The topological polar surface area (TPSA) is 46.2 Å². The summed E-state index contributed by atoms with van der Waals surface area (Å²) in [5, 5.41) is 8.56. The van der Waals surface area contributed by atoms with E-state index in [4.69, 9.17) is 9.57 Å². The van der Waals surface area contributed by atoms with Crippen LogP contribution in [0.3, 0.4) is 0 Å². The van der Waals surface area contributed by atoms with Crippen molar-refractivity contribution in [2.24, 2.45) is 11.1 Å². The predicted octanol–water partition coefficient (Wildman–Crippen LogP) is 1.81. The Morgan fingerprint density at radius 2 is 2.31 bits per heavy atom. The van der Waals surface area contributed by atoms with E-state index in [9.17, 15) is 0 Å². The van der Waals surface area contributed by atoms with Crippen molar-refractivity contribution in [1.29, 1.82) is 0 Å². The number of oxime groups is 1. The maximum absolute atomic E-state index is 5.36. The second-order valence-corrected chi connectivity index (χ2v) is 5.81. The average molecular weight is 244 g/mol. The lowest BCUT2D eigenvalue weighted by Gasteiger charge is -2.10. The van der Waals surface area contributed by atoms with E-state index in [1.165, 1.54) is 0 Å². The van der Waals surface area contributed by atoms with E-state index in [0.717, 1.165) is 23.8 Å². The second kappa shape index (κ2) is 5.38. The summed E-state index contributed by atoms with van der Waals surface area (Å²) in [5.74, 6) is 1.57. The van der Waals surface area contributed by atoms with E-state index in [0.29, 0.717) is 12.0 Å². The zero-order valence-electron chi connectivity index (χ0n) is 10.1. The molecule has 1 N–H and O–H groups in total. The van der Waals surface area contributed by atoms with E-state index in [-0.39, 0.29) is 12.3 Å². The van der Waals surface area contributed by atoms with Crippen LogP contribution in [0.25, 0.3) is 0 Å². The smallest absolute Gasteiger partial charge is 0.136 e. The fourth-order valence-corrected chi connectivity index (χ4v) is 2.42. The van der Waals surface area contributed by atoms with Crippen LogP contribution in [0.4, 0.5) is 0 Å². The van der Waals surface area contributed by atoms with Gasteiger partial charge >= 0.3 is 0 Å². The van der Waals surface area contributed by atoms with Crippen LogP contribution in [0.2, 0.25) is 0 Å². The molecule has 0 amide bonds. The molecule has 0 saturated carbocycles. The van der Waals surface area contributed by atoms with Gasteiger partial charge < -0.3 is 9.57 Å². The molecule has 0 spiro atoms. The molecule has 2 aliphatic rings. The van der Waals surface area contributed by atoms with Crippen LogP contribution < -0.4 is 5.32 Å². The zero-order chi connectivity index (χ0) is 11.5. The van der Waals surface area contributed by atoms with Crippen molar-refractivity contribution < 1.29 is 9.57 Å². The summed E-state index contributed by atoms with van der Waals surface area (Å²) < 4.78 is 5.26. The number of rotatable bonds is 5. The Bertz CT molecular complexity index is 271. The van der Waals surface area contributed by atoms with Crippen molar-refractivity contribution in [2.75, 3.05) is 12.3 Å². The first-order valence-corrected chi connectivity index (χ1v) is 6.89. The van der Waals surface area contributed by atoms with Gasteiger partial charge in [0.15, 0.2) is 0 Å². The third-order valence-corrected chi connectivity index (χ3v) is 3.82. The van der Waals surface area contributed by atoms with Gasteiger partial charge in [-0.15, -0.1) is 11.8 Å². The van der Waals surface area contributed by atoms with Gasteiger partial charge in [0.1, 0.15) is 17.4 Å². The van der Waals surface area contributed by atoms with Gasteiger partial charge in [0.05, 0.1) is 6.10 Å². The summed E-state index contributed by atoms with van der Waals surface area (Å²) in [7, 11) is 0. The predicted molar refractivity (Wildman–Crippen MR) is 66.6 cm³/mol. The fourth-order valence-electron chi connectivity index (χ4n) is 1.59. The zero-order valence-corrected chi connectivity index (χ0v) is 10.9. The SMILES string of the molecule is CC(C)C1CC(SCCNC2OC2C)=NO1. The third kappa shape index (κ3) is 3.37.